The first-order chi connectivity index (χ1) is 6.15. The molecule has 0 bridgehead atoms. The zero-order valence-corrected chi connectivity index (χ0v) is 10.7. The van der Waals surface area contributed by atoms with Crippen molar-refractivity contribution in [1.29, 1.82) is 0 Å². The van der Waals surface area contributed by atoms with Gasteiger partial charge in [0.1, 0.15) is 0 Å². The van der Waals surface area contributed by atoms with Crippen molar-refractivity contribution in [1.82, 2.24) is 0 Å². The summed E-state index contributed by atoms with van der Waals surface area (Å²) in [5.74, 6) is 0.333. The minimum Gasteiger partial charge on any atom is -0.264 e. The molecule has 2 atom stereocenters. The molecular formula is C10H21NO2S. The largest absolute Gasteiger partial charge is 0.264 e. The van der Waals surface area contributed by atoms with Gasteiger partial charge in [-0.05, 0) is 5.92 Å². The Bertz CT molecular complexity index is 199. The van der Waals surface area contributed by atoms with E-state index in [1.807, 2.05) is 13.8 Å². The van der Waals surface area contributed by atoms with Gasteiger partial charge in [0, 0.05) is 16.6 Å². The van der Waals surface area contributed by atoms with E-state index >= 15 is 0 Å². The fraction of sp³-hybridized carbons (Fsp3) is 1.00. The average Bonchev–Trinajstić information content (AvgIpc) is 1.96. The summed E-state index contributed by atoms with van der Waals surface area (Å²) >= 11 is 1.70. The van der Waals surface area contributed by atoms with E-state index in [1.165, 1.54) is 0 Å². The zero-order valence-electron chi connectivity index (χ0n) is 9.90. The van der Waals surface area contributed by atoms with Crippen LogP contribution in [0, 0.1) is 16.0 Å². The van der Waals surface area contributed by atoms with E-state index in [4.69, 9.17) is 0 Å². The van der Waals surface area contributed by atoms with Crippen LogP contribution in [0.1, 0.15) is 41.5 Å². The molecule has 0 fully saturated rings. The van der Waals surface area contributed by atoms with Gasteiger partial charge in [-0.25, -0.2) is 0 Å². The normalized spacial score (nSPS) is 16.8. The predicted molar refractivity (Wildman–Crippen MR) is 62.4 cm³/mol. The molecule has 0 amide bonds. The molecule has 0 unspecified atom stereocenters. The van der Waals surface area contributed by atoms with E-state index in [-0.39, 0.29) is 14.9 Å². The summed E-state index contributed by atoms with van der Waals surface area (Å²) in [6.07, 6.45) is 0. The maximum atomic E-state index is 10.7. The number of hydrogen-bond acceptors (Lipinski definition) is 3. The van der Waals surface area contributed by atoms with Crippen molar-refractivity contribution >= 4 is 11.8 Å². The molecule has 0 aliphatic heterocycles. The standard InChI is InChI=1S/C10H21NO2S/c1-7(2)9(8(3)11(12)13)14-10(4,5)6/h7-9H,1-6H3/t8-,9+/m1/s1. The quantitative estimate of drug-likeness (QED) is 0.538. The van der Waals surface area contributed by atoms with Crippen molar-refractivity contribution in [2.45, 2.75) is 57.6 Å². The fourth-order valence-electron chi connectivity index (χ4n) is 1.32. The van der Waals surface area contributed by atoms with Gasteiger partial charge in [0.25, 0.3) is 0 Å². The zero-order chi connectivity index (χ0) is 11.5. The monoisotopic (exact) mass is 219 g/mol. The topological polar surface area (TPSA) is 43.1 Å². The van der Waals surface area contributed by atoms with Gasteiger partial charge < -0.3 is 0 Å². The molecule has 4 heteroatoms. The molecule has 0 aliphatic carbocycles. The number of thioether (sulfide) groups is 1. The van der Waals surface area contributed by atoms with Gasteiger partial charge in [-0.2, -0.15) is 0 Å². The summed E-state index contributed by atoms with van der Waals surface area (Å²) in [7, 11) is 0. The Morgan fingerprint density at radius 1 is 1.21 bits per heavy atom. The molecule has 84 valence electrons. The molecule has 0 aromatic heterocycles. The lowest BCUT2D eigenvalue weighted by atomic mass is 10.1. The van der Waals surface area contributed by atoms with Crippen LogP contribution in [0.4, 0.5) is 0 Å². The molecule has 0 saturated carbocycles. The molecule has 0 aromatic carbocycles. The molecule has 0 spiro atoms. The third kappa shape index (κ3) is 4.84. The summed E-state index contributed by atoms with van der Waals surface area (Å²) in [5.41, 5.74) is 0. The molecule has 0 N–H and O–H groups in total. The highest BCUT2D eigenvalue weighted by Gasteiger charge is 2.33. The average molecular weight is 219 g/mol. The van der Waals surface area contributed by atoms with E-state index in [9.17, 15) is 10.1 Å². The van der Waals surface area contributed by atoms with Crippen LogP contribution in [-0.2, 0) is 0 Å². The van der Waals surface area contributed by atoms with Crippen LogP contribution < -0.4 is 0 Å². The third-order valence-electron chi connectivity index (χ3n) is 1.95. The summed E-state index contributed by atoms with van der Waals surface area (Å²) in [6.45, 7) is 12.1. The Morgan fingerprint density at radius 2 is 1.64 bits per heavy atom. The van der Waals surface area contributed by atoms with Gasteiger partial charge in [-0.1, -0.05) is 34.6 Å². The highest BCUT2D eigenvalue weighted by Crippen LogP contribution is 2.34. The van der Waals surface area contributed by atoms with Gasteiger partial charge in [0.05, 0.1) is 5.25 Å². The Morgan fingerprint density at radius 3 is 1.86 bits per heavy atom. The first kappa shape index (κ1) is 13.8. The van der Waals surface area contributed by atoms with Gasteiger partial charge in [-0.3, -0.25) is 10.1 Å². The van der Waals surface area contributed by atoms with Crippen LogP contribution in [0.25, 0.3) is 0 Å². The second-order valence-electron chi connectivity index (χ2n) is 4.96. The molecular weight excluding hydrogens is 198 g/mol. The van der Waals surface area contributed by atoms with Crippen LogP contribution in [-0.4, -0.2) is 21.0 Å². The van der Waals surface area contributed by atoms with Crippen molar-refractivity contribution in [3.63, 3.8) is 0 Å². The van der Waals surface area contributed by atoms with Crippen LogP contribution in [0.15, 0.2) is 0 Å². The second kappa shape index (κ2) is 5.01. The first-order valence-corrected chi connectivity index (χ1v) is 5.84. The van der Waals surface area contributed by atoms with Crippen molar-refractivity contribution < 1.29 is 4.92 Å². The lowest BCUT2D eigenvalue weighted by Gasteiger charge is -2.28. The van der Waals surface area contributed by atoms with E-state index in [0.717, 1.165) is 0 Å². The Kier molecular flexibility index (Phi) is 4.92. The summed E-state index contributed by atoms with van der Waals surface area (Å²) in [4.78, 5) is 10.5. The smallest absolute Gasteiger partial charge is 0.222 e. The van der Waals surface area contributed by atoms with Gasteiger partial charge >= 0.3 is 0 Å². The molecule has 0 heterocycles. The predicted octanol–water partition coefficient (Wildman–Crippen LogP) is 3.21. The fourth-order valence-corrected chi connectivity index (χ4v) is 2.70. The molecule has 0 saturated heterocycles. The van der Waals surface area contributed by atoms with Crippen LogP contribution in [0.3, 0.4) is 0 Å². The Labute approximate surface area is 90.8 Å². The van der Waals surface area contributed by atoms with Gasteiger partial charge in [0.2, 0.25) is 6.04 Å². The van der Waals surface area contributed by atoms with Crippen molar-refractivity contribution in [3.8, 4) is 0 Å². The molecule has 0 aliphatic rings. The minimum atomic E-state index is -0.473. The maximum absolute atomic E-state index is 10.7. The molecule has 0 rings (SSSR count). The molecule has 0 radical (unpaired) electrons. The molecule has 3 nitrogen and oxygen atoms in total. The minimum absolute atomic E-state index is 0.0825. The van der Waals surface area contributed by atoms with Crippen molar-refractivity contribution in [3.05, 3.63) is 10.1 Å². The van der Waals surface area contributed by atoms with E-state index < -0.39 is 6.04 Å². The van der Waals surface area contributed by atoms with Gasteiger partial charge in [-0.15, -0.1) is 11.8 Å². The number of hydrogen-bond donors (Lipinski definition) is 0. The van der Waals surface area contributed by atoms with E-state index in [1.54, 1.807) is 18.7 Å². The third-order valence-corrected chi connectivity index (χ3v) is 3.87. The summed E-state index contributed by atoms with van der Waals surface area (Å²) < 4.78 is 0.0825. The Hall–Kier alpha value is -0.250. The lowest BCUT2D eigenvalue weighted by molar-refractivity contribution is -0.518. The highest BCUT2D eigenvalue weighted by molar-refractivity contribution is 8.01. The maximum Gasteiger partial charge on any atom is 0.222 e. The number of nitro groups is 1. The SMILES string of the molecule is CC(C)[C@H](SC(C)(C)C)[C@@H](C)[N+](=O)[O-]. The Balaban J connectivity index is 4.53. The highest BCUT2D eigenvalue weighted by atomic mass is 32.2. The van der Waals surface area contributed by atoms with Crippen molar-refractivity contribution in [2.24, 2.45) is 5.92 Å². The van der Waals surface area contributed by atoms with Gasteiger partial charge in [0.15, 0.2) is 0 Å². The first-order valence-electron chi connectivity index (χ1n) is 4.96. The number of rotatable bonds is 4. The molecule has 0 aromatic rings. The lowest BCUT2D eigenvalue weighted by Crippen LogP contribution is -2.35. The van der Waals surface area contributed by atoms with E-state index in [2.05, 4.69) is 20.8 Å². The number of nitrogens with zero attached hydrogens (tertiary/aromatic N) is 1. The van der Waals surface area contributed by atoms with Crippen LogP contribution >= 0.6 is 11.8 Å². The molecule has 14 heavy (non-hydrogen) atoms. The van der Waals surface area contributed by atoms with Crippen LogP contribution in [0.5, 0.6) is 0 Å². The second-order valence-corrected chi connectivity index (χ2v) is 6.97. The van der Waals surface area contributed by atoms with Crippen molar-refractivity contribution in [2.75, 3.05) is 0 Å². The van der Waals surface area contributed by atoms with Crippen LogP contribution in [0.2, 0.25) is 0 Å². The van der Waals surface area contributed by atoms with E-state index in [0.29, 0.717) is 5.92 Å². The summed E-state index contributed by atoms with van der Waals surface area (Å²) in [5, 5.41) is 10.8. The summed E-state index contributed by atoms with van der Waals surface area (Å²) in [6, 6.07) is -0.473.